The van der Waals surface area contributed by atoms with Gasteiger partial charge < -0.3 is 9.64 Å². The molecule has 2 rings (SSSR count). The highest BCUT2D eigenvalue weighted by Crippen LogP contribution is 2.26. The molecule has 0 radical (unpaired) electrons. The van der Waals surface area contributed by atoms with E-state index < -0.39 is 0 Å². The van der Waals surface area contributed by atoms with E-state index in [0.717, 1.165) is 12.0 Å². The Kier molecular flexibility index (Phi) is 4.56. The minimum absolute atomic E-state index is 0.0341. The van der Waals surface area contributed by atoms with Gasteiger partial charge in [-0.1, -0.05) is 36.8 Å². The van der Waals surface area contributed by atoms with Crippen LogP contribution in [0.1, 0.15) is 30.6 Å². The van der Waals surface area contributed by atoms with Crippen molar-refractivity contribution >= 4 is 5.91 Å². The van der Waals surface area contributed by atoms with Crippen LogP contribution in [-0.4, -0.2) is 37.1 Å². The number of ether oxygens (including phenoxy) is 1. The third kappa shape index (κ3) is 2.96. The van der Waals surface area contributed by atoms with Gasteiger partial charge in [-0.2, -0.15) is 0 Å². The molecule has 0 aliphatic carbocycles. The van der Waals surface area contributed by atoms with Gasteiger partial charge >= 0.3 is 0 Å². The maximum Gasteiger partial charge on any atom is 0.238 e. The monoisotopic (exact) mass is 262 g/mol. The number of methoxy groups -OCH3 is 1. The van der Waals surface area contributed by atoms with Crippen LogP contribution < -0.4 is 5.32 Å². The topological polar surface area (TPSA) is 41.6 Å². The quantitative estimate of drug-likeness (QED) is 0.880. The summed E-state index contributed by atoms with van der Waals surface area (Å²) < 4.78 is 5.24. The van der Waals surface area contributed by atoms with Crippen LogP contribution in [0.25, 0.3) is 0 Å². The molecule has 19 heavy (non-hydrogen) atoms. The molecule has 1 saturated heterocycles. The van der Waals surface area contributed by atoms with E-state index in [1.165, 1.54) is 5.56 Å². The number of benzene rings is 1. The van der Waals surface area contributed by atoms with Crippen molar-refractivity contribution in [3.8, 4) is 0 Å². The predicted molar refractivity (Wildman–Crippen MR) is 74.7 cm³/mol. The highest BCUT2D eigenvalue weighted by molar-refractivity contribution is 5.81. The summed E-state index contributed by atoms with van der Waals surface area (Å²) in [7, 11) is 1.68. The summed E-state index contributed by atoms with van der Waals surface area (Å²) in [5, 5.41) is 3.29. The van der Waals surface area contributed by atoms with Crippen molar-refractivity contribution in [3.05, 3.63) is 35.4 Å². The molecule has 2 unspecified atom stereocenters. The highest BCUT2D eigenvalue weighted by Gasteiger charge is 2.35. The maximum atomic E-state index is 12.1. The number of nitrogens with zero attached hydrogens (tertiary/aromatic N) is 1. The summed E-state index contributed by atoms with van der Waals surface area (Å²) in [5.41, 5.74) is 2.36. The Balaban J connectivity index is 2.23. The second kappa shape index (κ2) is 6.17. The first-order valence-corrected chi connectivity index (χ1v) is 6.77. The zero-order valence-electron chi connectivity index (χ0n) is 11.8. The van der Waals surface area contributed by atoms with Crippen molar-refractivity contribution in [3.63, 3.8) is 0 Å². The Bertz CT molecular complexity index is 430. The normalized spacial score (nSPS) is 20.9. The minimum Gasteiger partial charge on any atom is -0.383 e. The Labute approximate surface area is 114 Å². The van der Waals surface area contributed by atoms with E-state index in [9.17, 15) is 4.79 Å². The van der Waals surface area contributed by atoms with Crippen LogP contribution in [0, 0.1) is 6.92 Å². The van der Waals surface area contributed by atoms with Crippen molar-refractivity contribution in [2.24, 2.45) is 0 Å². The SMILES string of the molecule is CCC(COC)N1C(=O)CNC1c1ccc(C)cc1. The molecule has 1 aromatic carbocycles. The summed E-state index contributed by atoms with van der Waals surface area (Å²) in [6.45, 7) is 5.13. The number of rotatable bonds is 5. The van der Waals surface area contributed by atoms with Gasteiger partial charge in [0.05, 0.1) is 19.2 Å². The molecule has 1 aliphatic heterocycles. The summed E-state index contributed by atoms with van der Waals surface area (Å²) in [6.07, 6.45) is 0.858. The van der Waals surface area contributed by atoms with Crippen LogP contribution in [0.15, 0.2) is 24.3 Å². The molecule has 0 bridgehead atoms. The lowest BCUT2D eigenvalue weighted by Crippen LogP contribution is -2.41. The van der Waals surface area contributed by atoms with Crippen molar-refractivity contribution in [2.75, 3.05) is 20.3 Å². The summed E-state index contributed by atoms with van der Waals surface area (Å²) in [6, 6.07) is 8.44. The number of aryl methyl sites for hydroxylation is 1. The average molecular weight is 262 g/mol. The zero-order valence-corrected chi connectivity index (χ0v) is 11.8. The van der Waals surface area contributed by atoms with Gasteiger partial charge in [-0.15, -0.1) is 0 Å². The second-order valence-electron chi connectivity index (χ2n) is 5.01. The number of carbonyl (C=O) groups is 1. The lowest BCUT2D eigenvalue weighted by Gasteiger charge is -2.32. The van der Waals surface area contributed by atoms with E-state index in [1.54, 1.807) is 7.11 Å². The Morgan fingerprint density at radius 1 is 1.42 bits per heavy atom. The van der Waals surface area contributed by atoms with E-state index in [4.69, 9.17) is 4.74 Å². The average Bonchev–Trinajstić information content (AvgIpc) is 2.79. The summed E-state index contributed by atoms with van der Waals surface area (Å²) in [5.74, 6) is 0.148. The molecular weight excluding hydrogens is 240 g/mol. The maximum absolute atomic E-state index is 12.1. The Morgan fingerprint density at radius 2 is 2.11 bits per heavy atom. The molecule has 0 saturated carbocycles. The largest absolute Gasteiger partial charge is 0.383 e. The lowest BCUT2D eigenvalue weighted by atomic mass is 10.1. The number of carbonyl (C=O) groups excluding carboxylic acids is 1. The Morgan fingerprint density at radius 3 is 2.68 bits per heavy atom. The first-order chi connectivity index (χ1) is 9.17. The number of nitrogens with one attached hydrogen (secondary N) is 1. The molecule has 0 spiro atoms. The molecule has 1 N–H and O–H groups in total. The van der Waals surface area contributed by atoms with Gasteiger partial charge in [0.1, 0.15) is 6.17 Å². The van der Waals surface area contributed by atoms with Crippen molar-refractivity contribution in [2.45, 2.75) is 32.5 Å². The molecule has 4 nitrogen and oxygen atoms in total. The molecule has 1 amide bonds. The van der Waals surface area contributed by atoms with E-state index in [0.29, 0.717) is 13.2 Å². The fourth-order valence-corrected chi connectivity index (χ4v) is 2.55. The van der Waals surface area contributed by atoms with Crippen molar-refractivity contribution in [1.82, 2.24) is 10.2 Å². The molecule has 1 fully saturated rings. The smallest absolute Gasteiger partial charge is 0.238 e. The van der Waals surface area contributed by atoms with Crippen LogP contribution in [0.5, 0.6) is 0 Å². The van der Waals surface area contributed by atoms with Gasteiger partial charge in [0.2, 0.25) is 5.91 Å². The summed E-state index contributed by atoms with van der Waals surface area (Å²) >= 11 is 0. The Hall–Kier alpha value is -1.39. The van der Waals surface area contributed by atoms with Crippen molar-refractivity contribution in [1.29, 1.82) is 0 Å². The third-order valence-electron chi connectivity index (χ3n) is 3.63. The van der Waals surface area contributed by atoms with Crippen LogP contribution in [-0.2, 0) is 9.53 Å². The van der Waals surface area contributed by atoms with Crippen LogP contribution in [0.2, 0.25) is 0 Å². The first-order valence-electron chi connectivity index (χ1n) is 6.77. The number of hydrogen-bond acceptors (Lipinski definition) is 3. The molecule has 104 valence electrons. The van der Waals surface area contributed by atoms with E-state index in [-0.39, 0.29) is 18.1 Å². The van der Waals surface area contributed by atoms with Gasteiger partial charge in [-0.05, 0) is 18.9 Å². The molecule has 0 aromatic heterocycles. The predicted octanol–water partition coefficient (Wildman–Crippen LogP) is 1.85. The van der Waals surface area contributed by atoms with Gasteiger partial charge in [0.25, 0.3) is 0 Å². The first kappa shape index (κ1) is 14.0. The fraction of sp³-hybridized carbons (Fsp3) is 0.533. The molecule has 1 heterocycles. The summed E-state index contributed by atoms with van der Waals surface area (Å²) in [4.78, 5) is 14.0. The van der Waals surface area contributed by atoms with E-state index in [1.807, 2.05) is 4.90 Å². The van der Waals surface area contributed by atoms with Gasteiger partial charge in [-0.25, -0.2) is 0 Å². The van der Waals surface area contributed by atoms with Crippen LogP contribution in [0.4, 0.5) is 0 Å². The van der Waals surface area contributed by atoms with Gasteiger partial charge in [-0.3, -0.25) is 10.1 Å². The third-order valence-corrected chi connectivity index (χ3v) is 3.63. The molecular formula is C15H22N2O2. The standard InChI is InChI=1S/C15H22N2O2/c1-4-13(10-19-3)17-14(18)9-16-15(17)12-7-5-11(2)6-8-12/h5-8,13,15-16H,4,9-10H2,1-3H3. The van der Waals surface area contributed by atoms with E-state index in [2.05, 4.69) is 43.4 Å². The highest BCUT2D eigenvalue weighted by atomic mass is 16.5. The van der Waals surface area contributed by atoms with E-state index >= 15 is 0 Å². The molecule has 4 heteroatoms. The minimum atomic E-state index is -0.0341. The second-order valence-corrected chi connectivity index (χ2v) is 5.01. The molecule has 1 aromatic rings. The fourth-order valence-electron chi connectivity index (χ4n) is 2.55. The number of hydrogen-bond donors (Lipinski definition) is 1. The lowest BCUT2D eigenvalue weighted by molar-refractivity contribution is -0.131. The number of amides is 1. The van der Waals surface area contributed by atoms with Gasteiger partial charge in [0.15, 0.2) is 0 Å². The molecule has 2 atom stereocenters. The molecule has 1 aliphatic rings. The zero-order chi connectivity index (χ0) is 13.8. The van der Waals surface area contributed by atoms with Crippen molar-refractivity contribution < 1.29 is 9.53 Å². The van der Waals surface area contributed by atoms with Gasteiger partial charge in [0, 0.05) is 7.11 Å². The van der Waals surface area contributed by atoms with Crippen LogP contribution in [0.3, 0.4) is 0 Å². The van der Waals surface area contributed by atoms with Crippen LogP contribution >= 0.6 is 0 Å².